The number of hydrogen-bond acceptors (Lipinski definition) is 5. The first-order valence-corrected chi connectivity index (χ1v) is 5.73. The zero-order chi connectivity index (χ0) is 11.4. The number of rotatable bonds is 3. The van der Waals surface area contributed by atoms with Crippen molar-refractivity contribution in [1.29, 1.82) is 0 Å². The Balaban J connectivity index is 2.26. The lowest BCUT2D eigenvalue weighted by Gasteiger charge is -2.28. The summed E-state index contributed by atoms with van der Waals surface area (Å²) in [6, 6.07) is 3.80. The highest BCUT2D eigenvalue weighted by molar-refractivity contribution is 8.03. The van der Waals surface area contributed by atoms with Gasteiger partial charge in [0.05, 0.1) is 13.5 Å². The molecule has 0 amide bonds. The smallest absolute Gasteiger partial charge is 0.309 e. The number of methoxy groups -OCH3 is 1. The molecule has 0 radical (unpaired) electrons. The topological polar surface area (TPSA) is 51.2 Å². The van der Waals surface area contributed by atoms with Crippen molar-refractivity contribution in [2.45, 2.75) is 11.3 Å². The summed E-state index contributed by atoms with van der Waals surface area (Å²) in [5, 5.41) is 5.14. The molecule has 1 unspecified atom stereocenters. The molecule has 0 fully saturated rings. The van der Waals surface area contributed by atoms with Gasteiger partial charge < -0.3 is 10.1 Å². The molecule has 1 aliphatic rings. The predicted molar refractivity (Wildman–Crippen MR) is 62.4 cm³/mol. The van der Waals surface area contributed by atoms with E-state index in [0.29, 0.717) is 0 Å². The van der Waals surface area contributed by atoms with Crippen molar-refractivity contribution < 1.29 is 9.53 Å². The maximum atomic E-state index is 11.4. The van der Waals surface area contributed by atoms with Crippen molar-refractivity contribution in [3.05, 3.63) is 41.7 Å². The van der Waals surface area contributed by atoms with Gasteiger partial charge >= 0.3 is 5.97 Å². The van der Waals surface area contributed by atoms with Crippen LogP contribution in [-0.4, -0.2) is 18.1 Å². The molecule has 0 aromatic carbocycles. The second-order valence-corrected chi connectivity index (χ2v) is 4.59. The molecule has 0 aliphatic carbocycles. The van der Waals surface area contributed by atoms with Gasteiger partial charge in [-0.05, 0) is 23.1 Å². The van der Waals surface area contributed by atoms with Crippen LogP contribution in [0.2, 0.25) is 0 Å². The van der Waals surface area contributed by atoms with Crippen LogP contribution in [0.3, 0.4) is 0 Å². The fraction of sp³-hybridized carbons (Fsp3) is 0.273. The van der Waals surface area contributed by atoms with Gasteiger partial charge in [-0.3, -0.25) is 9.78 Å². The van der Waals surface area contributed by atoms with Crippen LogP contribution in [0.25, 0.3) is 0 Å². The quantitative estimate of drug-likeness (QED) is 0.808. The Labute approximate surface area is 98.1 Å². The zero-order valence-corrected chi connectivity index (χ0v) is 9.66. The molecule has 1 aromatic rings. The molecule has 0 spiro atoms. The Hall–Kier alpha value is -1.49. The Bertz CT molecular complexity index is 398. The average molecular weight is 236 g/mol. The number of pyridine rings is 1. The van der Waals surface area contributed by atoms with Crippen LogP contribution >= 0.6 is 11.8 Å². The van der Waals surface area contributed by atoms with Crippen molar-refractivity contribution in [1.82, 2.24) is 10.3 Å². The van der Waals surface area contributed by atoms with Gasteiger partial charge in [-0.15, -0.1) is 0 Å². The Morgan fingerprint density at radius 1 is 1.56 bits per heavy atom. The molecule has 1 atom stereocenters. The van der Waals surface area contributed by atoms with E-state index < -0.39 is 4.87 Å². The predicted octanol–water partition coefficient (Wildman–Crippen LogP) is 1.61. The molecule has 0 saturated carbocycles. The SMILES string of the molecule is COC(=O)CC1(c2ccncc2)NC=CS1. The molecule has 0 bridgehead atoms. The summed E-state index contributed by atoms with van der Waals surface area (Å²) >= 11 is 1.57. The van der Waals surface area contributed by atoms with E-state index >= 15 is 0 Å². The molecular weight excluding hydrogens is 224 g/mol. The number of thioether (sulfide) groups is 1. The van der Waals surface area contributed by atoms with E-state index in [1.54, 1.807) is 24.2 Å². The number of nitrogens with zero attached hydrogens (tertiary/aromatic N) is 1. The lowest BCUT2D eigenvalue weighted by molar-refractivity contribution is -0.141. The molecule has 2 heterocycles. The number of carbonyl (C=O) groups is 1. The number of ether oxygens (including phenoxy) is 1. The number of aromatic nitrogens is 1. The van der Waals surface area contributed by atoms with E-state index in [1.807, 2.05) is 23.7 Å². The van der Waals surface area contributed by atoms with Crippen molar-refractivity contribution in [2.24, 2.45) is 0 Å². The average Bonchev–Trinajstić information content (AvgIpc) is 2.80. The normalized spacial score (nSPS) is 22.8. The third-order valence-electron chi connectivity index (χ3n) is 2.42. The van der Waals surface area contributed by atoms with Gasteiger partial charge in [0.1, 0.15) is 4.87 Å². The molecule has 16 heavy (non-hydrogen) atoms. The van der Waals surface area contributed by atoms with Crippen LogP contribution in [-0.2, 0) is 14.4 Å². The minimum absolute atomic E-state index is 0.236. The molecule has 1 aromatic heterocycles. The third-order valence-corrected chi connectivity index (χ3v) is 3.59. The monoisotopic (exact) mass is 236 g/mol. The molecule has 1 N–H and O–H groups in total. The lowest BCUT2D eigenvalue weighted by Crippen LogP contribution is -2.35. The summed E-state index contributed by atoms with van der Waals surface area (Å²) in [6.45, 7) is 0. The van der Waals surface area contributed by atoms with Crippen LogP contribution in [0.4, 0.5) is 0 Å². The van der Waals surface area contributed by atoms with Gasteiger partial charge in [0.2, 0.25) is 0 Å². The first-order valence-electron chi connectivity index (χ1n) is 4.85. The van der Waals surface area contributed by atoms with Crippen LogP contribution in [0.15, 0.2) is 36.1 Å². The fourth-order valence-electron chi connectivity index (χ4n) is 1.60. The van der Waals surface area contributed by atoms with E-state index in [0.717, 1.165) is 5.56 Å². The Kier molecular flexibility index (Phi) is 3.14. The van der Waals surface area contributed by atoms with E-state index in [-0.39, 0.29) is 12.4 Å². The van der Waals surface area contributed by atoms with Gasteiger partial charge in [0.25, 0.3) is 0 Å². The molecule has 1 aliphatic heterocycles. The van der Waals surface area contributed by atoms with E-state index in [1.165, 1.54) is 7.11 Å². The van der Waals surface area contributed by atoms with Crippen LogP contribution in [0.5, 0.6) is 0 Å². The van der Waals surface area contributed by atoms with Crippen LogP contribution < -0.4 is 5.32 Å². The highest BCUT2D eigenvalue weighted by Crippen LogP contribution is 2.41. The van der Waals surface area contributed by atoms with E-state index in [4.69, 9.17) is 4.74 Å². The largest absolute Gasteiger partial charge is 0.469 e. The Morgan fingerprint density at radius 3 is 2.88 bits per heavy atom. The minimum Gasteiger partial charge on any atom is -0.469 e. The van der Waals surface area contributed by atoms with Crippen molar-refractivity contribution in [3.63, 3.8) is 0 Å². The van der Waals surface area contributed by atoms with E-state index in [2.05, 4.69) is 10.3 Å². The van der Waals surface area contributed by atoms with Crippen molar-refractivity contribution in [3.8, 4) is 0 Å². The maximum Gasteiger partial charge on any atom is 0.309 e. The summed E-state index contributed by atoms with van der Waals surface area (Å²) in [7, 11) is 1.40. The zero-order valence-electron chi connectivity index (χ0n) is 8.84. The molecule has 5 heteroatoms. The van der Waals surface area contributed by atoms with Crippen LogP contribution in [0, 0.1) is 0 Å². The summed E-state index contributed by atoms with van der Waals surface area (Å²) in [6.07, 6.45) is 5.56. The molecule has 4 nitrogen and oxygen atoms in total. The van der Waals surface area contributed by atoms with Gasteiger partial charge in [-0.1, -0.05) is 11.8 Å². The fourth-order valence-corrected chi connectivity index (χ4v) is 2.57. The highest BCUT2D eigenvalue weighted by atomic mass is 32.2. The maximum absolute atomic E-state index is 11.4. The number of hydrogen-bond donors (Lipinski definition) is 1. The second-order valence-electron chi connectivity index (χ2n) is 3.38. The van der Waals surface area contributed by atoms with Crippen molar-refractivity contribution in [2.75, 3.05) is 7.11 Å². The van der Waals surface area contributed by atoms with Gasteiger partial charge in [0, 0.05) is 18.6 Å². The number of carbonyl (C=O) groups excluding carboxylic acids is 1. The second kappa shape index (κ2) is 4.57. The first-order chi connectivity index (χ1) is 7.77. The first kappa shape index (κ1) is 11.0. The third kappa shape index (κ3) is 2.04. The van der Waals surface area contributed by atoms with Gasteiger partial charge in [-0.25, -0.2) is 0 Å². The Morgan fingerprint density at radius 2 is 2.31 bits per heavy atom. The molecular formula is C11H12N2O2S. The number of esters is 1. The van der Waals surface area contributed by atoms with Crippen LogP contribution in [0.1, 0.15) is 12.0 Å². The standard InChI is InChI=1S/C11H12N2O2S/c1-15-10(14)8-11(13-6-7-16-11)9-2-4-12-5-3-9/h2-7,13H,8H2,1H3. The summed E-state index contributed by atoms with van der Waals surface area (Å²) in [5.41, 5.74) is 1.02. The van der Waals surface area contributed by atoms with Crippen molar-refractivity contribution >= 4 is 17.7 Å². The minimum atomic E-state index is -0.448. The summed E-state index contributed by atoms with van der Waals surface area (Å²) in [5.74, 6) is -0.236. The lowest BCUT2D eigenvalue weighted by atomic mass is 10.0. The summed E-state index contributed by atoms with van der Waals surface area (Å²) < 4.78 is 4.72. The van der Waals surface area contributed by atoms with E-state index in [9.17, 15) is 4.79 Å². The molecule has 2 rings (SSSR count). The highest BCUT2D eigenvalue weighted by Gasteiger charge is 2.36. The van der Waals surface area contributed by atoms with Gasteiger partial charge in [0.15, 0.2) is 0 Å². The summed E-state index contributed by atoms with van der Waals surface area (Å²) in [4.78, 5) is 15.0. The molecule has 84 valence electrons. The van der Waals surface area contributed by atoms with Gasteiger partial charge in [-0.2, -0.15) is 0 Å². The molecule has 0 saturated heterocycles. The number of nitrogens with one attached hydrogen (secondary N) is 1.